The van der Waals surface area contributed by atoms with Crippen molar-refractivity contribution in [1.82, 2.24) is 5.32 Å². The van der Waals surface area contributed by atoms with Gasteiger partial charge in [-0.1, -0.05) is 173 Å². The van der Waals surface area contributed by atoms with Crippen LogP contribution in [0.2, 0.25) is 0 Å². The van der Waals surface area contributed by atoms with E-state index in [0.717, 1.165) is 63.4 Å². The Morgan fingerprint density at radius 3 is 1.48 bits per heavy atom. The highest BCUT2D eigenvalue weighted by Crippen LogP contribution is 2.38. The molecule has 1 amide bonds. The van der Waals surface area contributed by atoms with Gasteiger partial charge in [0.25, 0.3) is 0 Å². The Balaban J connectivity index is 1.68. The highest BCUT2D eigenvalue weighted by molar-refractivity contribution is 5.90. The molecule has 29 nitrogen and oxygen atoms in total. The standard InChI is InChI=1S/C90H143NO28/c1-14-22-49-99-59-71(64(9)111-89-82(117-84(95)70-46-38-32-39-47-70)78(105-55-28-20-7)79(80(119-89)85(96)98-13)118-88-81(106-56-29-21-8)77(104-54-27-19-6)76(112-67(12)93)73(116-88)60-100-50-23-15-2)115-87(75(62-102-52-25-17-4)113-83(94)69-44-36-31-37-45-69)110-65(10)72(63-108-66(11)92)114-86(74(103-53-26-18-5)61-101-51-24-16-3)107-57-41-33-40-48-91-90(97)109-58-68-42-34-30-35-43-68/h30-32,34-39,42-47,64-65,71-82,86-89H,14-29,33,40-41,48-63H2,1-13H3,(H,91,97)/t64-,65-,71?,72?,73?,74-,75-,76-,77-,78?,79-,80?,81?,82?,86-,87+,88+,89+/m0/s1. The van der Waals surface area contributed by atoms with Crippen LogP contribution in [0.3, 0.4) is 0 Å². The average Bonchev–Trinajstić information content (AvgIpc) is 0.760. The maximum atomic E-state index is 15.0. The first-order chi connectivity index (χ1) is 57.9. The first-order valence-electron chi connectivity index (χ1n) is 43.7. The minimum absolute atomic E-state index is 0.0462. The Bertz CT molecular complexity index is 3130. The number of carbonyl (C=O) groups is 6. The van der Waals surface area contributed by atoms with Gasteiger partial charge in [0, 0.05) is 79.9 Å². The number of hydrogen-bond donors (Lipinski definition) is 1. The Hall–Kier alpha value is -6.36. The van der Waals surface area contributed by atoms with Gasteiger partial charge in [0.15, 0.2) is 49.6 Å². The Morgan fingerprint density at radius 1 is 0.420 bits per heavy atom. The molecule has 0 radical (unpaired) electrons. The lowest BCUT2D eigenvalue weighted by atomic mass is 9.95. The third-order valence-corrected chi connectivity index (χ3v) is 19.6. The number of nitrogens with one attached hydrogen (secondary N) is 1. The molecule has 0 saturated carbocycles. The number of unbranched alkanes of at least 4 members (excludes halogenated alkanes) is 10. The molecule has 1 N–H and O–H groups in total. The fraction of sp³-hybridized carbons (Fsp3) is 0.733. The zero-order valence-corrected chi connectivity index (χ0v) is 73.2. The van der Waals surface area contributed by atoms with Gasteiger partial charge in [0.2, 0.25) is 0 Å². The van der Waals surface area contributed by atoms with Crippen LogP contribution in [0, 0.1) is 0 Å². The predicted octanol–water partition coefficient (Wildman–Crippen LogP) is 14.3. The molecule has 2 fully saturated rings. The van der Waals surface area contributed by atoms with Gasteiger partial charge in [-0.3, -0.25) is 9.59 Å². The molecule has 3 aromatic carbocycles. The van der Waals surface area contributed by atoms with Gasteiger partial charge in [-0.15, -0.1) is 0 Å². The van der Waals surface area contributed by atoms with Gasteiger partial charge >= 0.3 is 35.9 Å². The van der Waals surface area contributed by atoms with Crippen molar-refractivity contribution >= 4 is 35.9 Å². The quantitative estimate of drug-likeness (QED) is 0.0237. The van der Waals surface area contributed by atoms with Crippen molar-refractivity contribution in [1.29, 1.82) is 0 Å². The number of benzene rings is 3. The molecule has 2 heterocycles. The van der Waals surface area contributed by atoms with Crippen LogP contribution >= 0.6 is 0 Å². The summed E-state index contributed by atoms with van der Waals surface area (Å²) < 4.78 is 145. The summed E-state index contributed by atoms with van der Waals surface area (Å²) in [5.41, 5.74) is 1.23. The summed E-state index contributed by atoms with van der Waals surface area (Å²) in [6.07, 6.45) is -10.8. The SMILES string of the molecule is CCCCOCC(O[C@@H](O[C@@H](C)C(COC(C)=O)O[C@H](OCCCCCNC(=O)OCc1ccccc1)[C@H](COCCCC)OCCCC)[C@H](COCCCC)OC(=O)c1ccccc1)[C@H](C)O[C@@H]1OC(C(=O)OC)[C@@H](O[C@H]2OC(COCCCC)[C@H](OC(C)=O)[C@H](OCCCC)C2OCCCC)C(OCCCC)C1OC(=O)c1ccccc1. The van der Waals surface area contributed by atoms with Gasteiger partial charge in [-0.25, -0.2) is 19.2 Å². The number of rotatable bonds is 67. The molecule has 676 valence electrons. The molecule has 29 heteroatoms. The lowest BCUT2D eigenvalue weighted by Crippen LogP contribution is -2.67. The van der Waals surface area contributed by atoms with Gasteiger partial charge < -0.3 is 110 Å². The number of alkyl carbamates (subject to hydrolysis) is 1. The summed E-state index contributed by atoms with van der Waals surface area (Å²) in [7, 11) is 1.19. The molecule has 2 aliphatic heterocycles. The zero-order valence-electron chi connectivity index (χ0n) is 73.2. The normalized spacial score (nSPS) is 21.3. The van der Waals surface area contributed by atoms with E-state index in [2.05, 4.69) is 19.2 Å². The number of ether oxygens (including phenoxy) is 22. The largest absolute Gasteiger partial charge is 0.467 e. The number of esters is 5. The summed E-state index contributed by atoms with van der Waals surface area (Å²) in [6.45, 7) is 24.0. The second-order valence-corrected chi connectivity index (χ2v) is 29.7. The third-order valence-electron chi connectivity index (χ3n) is 19.6. The van der Waals surface area contributed by atoms with E-state index in [1.54, 1.807) is 74.5 Å². The van der Waals surface area contributed by atoms with Gasteiger partial charge in [0.1, 0.15) is 62.0 Å². The van der Waals surface area contributed by atoms with Crippen LogP contribution < -0.4 is 5.32 Å². The second-order valence-electron chi connectivity index (χ2n) is 29.7. The van der Waals surface area contributed by atoms with E-state index in [4.69, 9.17) is 104 Å². The minimum Gasteiger partial charge on any atom is -0.467 e. The molecule has 0 bridgehead atoms. The van der Waals surface area contributed by atoms with E-state index < -0.39 is 147 Å². The van der Waals surface area contributed by atoms with Crippen molar-refractivity contribution in [2.45, 2.75) is 322 Å². The van der Waals surface area contributed by atoms with E-state index in [1.165, 1.54) is 21.0 Å². The van der Waals surface area contributed by atoms with E-state index >= 15 is 0 Å². The minimum atomic E-state index is -1.74. The summed E-state index contributed by atoms with van der Waals surface area (Å²) in [5, 5.41) is 2.83. The van der Waals surface area contributed by atoms with Gasteiger partial charge in [-0.05, 0) is 114 Å². The molecule has 3 aromatic rings. The van der Waals surface area contributed by atoms with Crippen LogP contribution in [0.25, 0.3) is 0 Å². The summed E-state index contributed by atoms with van der Waals surface area (Å²) in [4.78, 5) is 83.4. The Kier molecular flexibility index (Phi) is 54.4. The molecule has 0 aromatic heterocycles. The van der Waals surface area contributed by atoms with Crippen molar-refractivity contribution in [2.75, 3.05) is 106 Å². The molecule has 5 rings (SSSR count). The van der Waals surface area contributed by atoms with E-state index in [0.29, 0.717) is 90.6 Å². The Labute approximate surface area is 707 Å². The number of hydrogen-bond acceptors (Lipinski definition) is 28. The highest BCUT2D eigenvalue weighted by Gasteiger charge is 2.58. The van der Waals surface area contributed by atoms with E-state index in [-0.39, 0.29) is 90.4 Å². The van der Waals surface area contributed by atoms with Crippen molar-refractivity contribution < 1.29 is 133 Å². The van der Waals surface area contributed by atoms with Crippen LogP contribution in [0.15, 0.2) is 91.0 Å². The van der Waals surface area contributed by atoms with Crippen LogP contribution in [0.4, 0.5) is 4.79 Å². The van der Waals surface area contributed by atoms with Gasteiger partial charge in [-0.2, -0.15) is 0 Å². The monoisotopic (exact) mass is 1690 g/mol. The number of methoxy groups -OCH3 is 1. The number of carbonyl (C=O) groups excluding carboxylic acids is 6. The third kappa shape index (κ3) is 39.8. The van der Waals surface area contributed by atoms with Crippen LogP contribution in [0.1, 0.15) is 231 Å². The molecule has 0 spiro atoms. The Morgan fingerprint density at radius 2 is 0.916 bits per heavy atom. The summed E-state index contributed by atoms with van der Waals surface area (Å²) in [5.74, 6) is -3.72. The van der Waals surface area contributed by atoms with Crippen molar-refractivity contribution in [3.05, 3.63) is 108 Å². The topological polar surface area (TPSA) is 318 Å². The predicted molar refractivity (Wildman–Crippen MR) is 442 cm³/mol. The van der Waals surface area contributed by atoms with Crippen LogP contribution in [0.5, 0.6) is 0 Å². The van der Waals surface area contributed by atoms with Crippen molar-refractivity contribution in [2.24, 2.45) is 0 Å². The zero-order chi connectivity index (χ0) is 86.2. The van der Waals surface area contributed by atoms with Gasteiger partial charge in [0.05, 0.1) is 56.9 Å². The molecule has 2 saturated heterocycles. The lowest BCUT2D eigenvalue weighted by Gasteiger charge is -2.49. The fourth-order valence-electron chi connectivity index (χ4n) is 12.6. The second kappa shape index (κ2) is 62.7. The average molecular weight is 1690 g/mol. The summed E-state index contributed by atoms with van der Waals surface area (Å²) in [6, 6.07) is 26.1. The first-order valence-corrected chi connectivity index (χ1v) is 43.7. The maximum Gasteiger partial charge on any atom is 0.407 e. The van der Waals surface area contributed by atoms with E-state index in [1.807, 2.05) is 71.9 Å². The van der Waals surface area contributed by atoms with Crippen LogP contribution in [-0.2, 0) is 125 Å². The van der Waals surface area contributed by atoms with Crippen LogP contribution in [-0.4, -0.2) is 253 Å². The fourth-order valence-corrected chi connectivity index (χ4v) is 12.6. The number of amides is 1. The molecule has 119 heavy (non-hydrogen) atoms. The molecular weight excluding hydrogens is 1540 g/mol. The molecular formula is C90H143NO28. The molecule has 7 unspecified atom stereocenters. The smallest absolute Gasteiger partial charge is 0.407 e. The van der Waals surface area contributed by atoms with E-state index in [9.17, 15) is 28.8 Å². The lowest BCUT2D eigenvalue weighted by molar-refractivity contribution is -0.369. The molecule has 18 atom stereocenters. The maximum absolute atomic E-state index is 15.0. The molecule has 0 aliphatic carbocycles. The summed E-state index contributed by atoms with van der Waals surface area (Å²) >= 11 is 0. The highest BCUT2D eigenvalue weighted by atomic mass is 16.8. The van der Waals surface area contributed by atoms with Crippen molar-refractivity contribution in [3.8, 4) is 0 Å². The first kappa shape index (κ1) is 103. The molecule has 2 aliphatic rings. The van der Waals surface area contributed by atoms with Crippen molar-refractivity contribution in [3.63, 3.8) is 0 Å².